The van der Waals surface area contributed by atoms with Gasteiger partial charge in [-0.15, -0.1) is 0 Å². The van der Waals surface area contributed by atoms with Crippen LogP contribution in [0.1, 0.15) is 11.1 Å². The third-order valence-corrected chi connectivity index (χ3v) is 3.74. The summed E-state index contributed by atoms with van der Waals surface area (Å²) in [5.41, 5.74) is 9.04. The number of hydrogen-bond donors (Lipinski definition) is 4. The van der Waals surface area contributed by atoms with Crippen LogP contribution in [0, 0.1) is 5.41 Å². The summed E-state index contributed by atoms with van der Waals surface area (Å²) >= 11 is 0. The molecule has 1 aromatic carbocycles. The van der Waals surface area contributed by atoms with E-state index in [1.807, 2.05) is 30.3 Å². The molecule has 0 radical (unpaired) electrons. The maximum absolute atomic E-state index is 12.1. The molecule has 0 spiro atoms. The van der Waals surface area contributed by atoms with E-state index < -0.39 is 0 Å². The highest BCUT2D eigenvalue weighted by atomic mass is 16.2. The number of amides is 2. The molecule has 0 aliphatic carbocycles. The van der Waals surface area contributed by atoms with Crippen molar-refractivity contribution in [1.29, 1.82) is 5.41 Å². The van der Waals surface area contributed by atoms with Crippen LogP contribution in [0.3, 0.4) is 0 Å². The summed E-state index contributed by atoms with van der Waals surface area (Å²) in [5.74, 6) is 0.412. The van der Waals surface area contributed by atoms with Crippen LogP contribution < -0.4 is 16.4 Å². The molecule has 0 fully saturated rings. The summed E-state index contributed by atoms with van der Waals surface area (Å²) in [6.07, 6.45) is 4.13. The number of fused-ring (bicyclic) bond motifs is 1. The molecule has 7 nitrogen and oxygen atoms in total. The fraction of sp³-hybridized carbons (Fsp3) is 0.0526. The minimum absolute atomic E-state index is 0.341. The Morgan fingerprint density at radius 2 is 1.96 bits per heavy atom. The highest BCUT2D eigenvalue weighted by Crippen LogP contribution is 2.18. The van der Waals surface area contributed by atoms with Gasteiger partial charge in [-0.3, -0.25) is 10.3 Å². The maximum Gasteiger partial charge on any atom is 0.320 e. The van der Waals surface area contributed by atoms with Gasteiger partial charge in [-0.1, -0.05) is 30.3 Å². The molecule has 7 heteroatoms. The number of nitrogens with two attached hydrogens (primary N) is 1. The van der Waals surface area contributed by atoms with Crippen molar-refractivity contribution in [3.8, 4) is 0 Å². The zero-order valence-corrected chi connectivity index (χ0v) is 13.9. The topological polar surface area (TPSA) is 117 Å². The molecule has 2 heterocycles. The van der Waals surface area contributed by atoms with Crippen molar-refractivity contribution in [2.24, 2.45) is 5.73 Å². The Morgan fingerprint density at radius 3 is 2.69 bits per heavy atom. The van der Waals surface area contributed by atoms with Crippen molar-refractivity contribution < 1.29 is 4.79 Å². The Balaban J connectivity index is 1.73. The maximum atomic E-state index is 12.1. The van der Waals surface area contributed by atoms with E-state index in [9.17, 15) is 4.79 Å². The quantitative estimate of drug-likeness (QED) is 0.531. The average molecular weight is 346 g/mol. The third-order valence-electron chi connectivity index (χ3n) is 3.74. The average Bonchev–Trinajstić information content (AvgIpc) is 2.68. The number of aromatic nitrogens is 2. The lowest BCUT2D eigenvalue weighted by Gasteiger charge is -2.08. The van der Waals surface area contributed by atoms with Crippen LogP contribution in [0.4, 0.5) is 10.6 Å². The molecule has 3 rings (SSSR count). The number of pyridine rings is 2. The van der Waals surface area contributed by atoms with E-state index in [1.165, 1.54) is 6.20 Å². The Labute approximate surface area is 150 Å². The summed E-state index contributed by atoms with van der Waals surface area (Å²) in [6.45, 7) is 0.427. The first-order valence-electron chi connectivity index (χ1n) is 7.98. The van der Waals surface area contributed by atoms with Crippen LogP contribution in [-0.2, 0) is 6.54 Å². The summed E-state index contributed by atoms with van der Waals surface area (Å²) in [7, 11) is 0. The highest BCUT2D eigenvalue weighted by Gasteiger charge is 2.06. The molecule has 0 bridgehead atoms. The lowest BCUT2D eigenvalue weighted by Crippen LogP contribution is -2.28. The van der Waals surface area contributed by atoms with E-state index in [4.69, 9.17) is 11.1 Å². The number of nitrogens with zero attached hydrogens (tertiary/aromatic N) is 2. The van der Waals surface area contributed by atoms with Gasteiger partial charge < -0.3 is 16.5 Å². The number of nitrogens with one attached hydrogen (secondary N) is 3. The summed E-state index contributed by atoms with van der Waals surface area (Å²) < 4.78 is 0. The Morgan fingerprint density at radius 1 is 1.15 bits per heavy atom. The van der Waals surface area contributed by atoms with Crippen LogP contribution in [-0.4, -0.2) is 22.2 Å². The molecule has 0 atom stereocenters. The van der Waals surface area contributed by atoms with Gasteiger partial charge in [-0.05, 0) is 23.8 Å². The largest absolute Gasteiger partial charge is 0.404 e. The van der Waals surface area contributed by atoms with Gasteiger partial charge in [0.25, 0.3) is 0 Å². The highest BCUT2D eigenvalue weighted by molar-refractivity contribution is 6.08. The molecule has 5 N–H and O–H groups in total. The number of urea groups is 1. The Kier molecular flexibility index (Phi) is 5.19. The molecular weight excluding hydrogens is 328 g/mol. The van der Waals surface area contributed by atoms with Crippen molar-refractivity contribution in [1.82, 2.24) is 15.3 Å². The Bertz CT molecular complexity index is 968. The number of hydrogen-bond acceptors (Lipinski definition) is 5. The third kappa shape index (κ3) is 4.02. The van der Waals surface area contributed by atoms with Gasteiger partial charge in [0.15, 0.2) is 0 Å². The lowest BCUT2D eigenvalue weighted by molar-refractivity contribution is 0.251. The molecule has 0 aliphatic rings. The fourth-order valence-corrected chi connectivity index (χ4v) is 2.40. The number of carbonyl (C=O) groups excluding carboxylic acids is 1. The monoisotopic (exact) mass is 346 g/mol. The number of carbonyl (C=O) groups is 1. The van der Waals surface area contributed by atoms with Gasteiger partial charge in [0, 0.05) is 36.3 Å². The van der Waals surface area contributed by atoms with Crippen LogP contribution in [0.5, 0.6) is 0 Å². The Hall–Kier alpha value is -3.74. The zero-order valence-electron chi connectivity index (χ0n) is 13.9. The van der Waals surface area contributed by atoms with Crippen molar-refractivity contribution in [3.63, 3.8) is 0 Å². The molecule has 2 aromatic heterocycles. The van der Waals surface area contributed by atoms with Crippen LogP contribution in [0.2, 0.25) is 0 Å². The SMILES string of the molecule is N=CC(=CN)c1cnc2ccc(NC(=O)NCc3ccccc3)nc2c1. The molecule has 0 unspecified atom stereocenters. The molecule has 0 saturated heterocycles. The van der Waals surface area contributed by atoms with Gasteiger partial charge in [0.1, 0.15) is 5.82 Å². The van der Waals surface area contributed by atoms with Gasteiger partial charge >= 0.3 is 6.03 Å². The first kappa shape index (κ1) is 17.1. The summed E-state index contributed by atoms with van der Waals surface area (Å²) in [4.78, 5) is 20.8. The van der Waals surface area contributed by atoms with E-state index in [2.05, 4.69) is 20.6 Å². The molecule has 2 amide bonds. The molecular formula is C19H18N6O. The zero-order chi connectivity index (χ0) is 18.4. The second-order valence-corrected chi connectivity index (χ2v) is 5.52. The van der Waals surface area contributed by atoms with Gasteiger partial charge in [-0.25, -0.2) is 9.78 Å². The number of allylic oxidation sites excluding steroid dienone is 1. The number of rotatable bonds is 5. The van der Waals surface area contributed by atoms with Crippen LogP contribution in [0.15, 0.2) is 60.9 Å². The van der Waals surface area contributed by atoms with E-state index >= 15 is 0 Å². The molecule has 3 aromatic rings. The fourth-order valence-electron chi connectivity index (χ4n) is 2.40. The first-order valence-corrected chi connectivity index (χ1v) is 7.98. The predicted octanol–water partition coefficient (Wildman–Crippen LogP) is 2.90. The molecule has 26 heavy (non-hydrogen) atoms. The van der Waals surface area contributed by atoms with Crippen molar-refractivity contribution in [2.45, 2.75) is 6.54 Å². The summed E-state index contributed by atoms with van der Waals surface area (Å²) in [5, 5.41) is 12.9. The first-order chi connectivity index (χ1) is 12.7. The summed E-state index contributed by atoms with van der Waals surface area (Å²) in [6, 6.07) is 14.5. The second-order valence-electron chi connectivity index (χ2n) is 5.52. The number of anilines is 1. The molecule has 0 aliphatic heterocycles. The standard InChI is InChI=1S/C19H18N6O/c20-9-15(10-21)14-8-17-16(22-12-14)6-7-18(24-17)25-19(26)23-11-13-4-2-1-3-5-13/h1-10,12,20H,11,21H2,(H2,23,24,25,26). The predicted molar refractivity (Wildman–Crippen MR) is 103 cm³/mol. The van der Waals surface area contributed by atoms with E-state index in [0.717, 1.165) is 11.8 Å². The van der Waals surface area contributed by atoms with Gasteiger partial charge in [0.05, 0.1) is 11.0 Å². The van der Waals surface area contributed by atoms with Crippen LogP contribution in [0.25, 0.3) is 16.6 Å². The normalized spacial score (nSPS) is 11.2. The van der Waals surface area contributed by atoms with Crippen molar-refractivity contribution in [2.75, 3.05) is 5.32 Å². The smallest absolute Gasteiger partial charge is 0.320 e. The second kappa shape index (κ2) is 7.89. The lowest BCUT2D eigenvalue weighted by atomic mass is 10.1. The molecule has 130 valence electrons. The van der Waals surface area contributed by atoms with Crippen LogP contribution >= 0.6 is 0 Å². The minimum Gasteiger partial charge on any atom is -0.404 e. The van der Waals surface area contributed by atoms with Crippen molar-refractivity contribution in [3.05, 3.63) is 72.1 Å². The van der Waals surface area contributed by atoms with Gasteiger partial charge in [-0.2, -0.15) is 0 Å². The number of benzene rings is 1. The van der Waals surface area contributed by atoms with E-state index in [0.29, 0.717) is 34.5 Å². The van der Waals surface area contributed by atoms with Crippen molar-refractivity contribution >= 4 is 34.7 Å². The van der Waals surface area contributed by atoms with E-state index in [1.54, 1.807) is 24.4 Å². The van der Waals surface area contributed by atoms with E-state index in [-0.39, 0.29) is 6.03 Å². The van der Waals surface area contributed by atoms with Gasteiger partial charge in [0.2, 0.25) is 0 Å². The molecule has 0 saturated carbocycles. The minimum atomic E-state index is -0.341.